The Labute approximate surface area is 116 Å². The standard InChI is InChI=1S/C13H15NO3S2/c1-10-7-8-13(18-10)19(16,17)14-12(9-15)11-5-3-2-4-6-11/h2-8,12,14-15H,9H2,1H3/t12-/m0/s1. The molecule has 1 atom stereocenters. The predicted octanol–water partition coefficient (Wildman–Crippen LogP) is 2.07. The van der Waals surface area contributed by atoms with Crippen molar-refractivity contribution in [2.75, 3.05) is 6.61 Å². The lowest BCUT2D eigenvalue weighted by Crippen LogP contribution is -2.30. The summed E-state index contributed by atoms with van der Waals surface area (Å²) in [6, 6.07) is 11.7. The molecule has 102 valence electrons. The normalized spacial score (nSPS) is 13.4. The number of nitrogens with one attached hydrogen (secondary N) is 1. The van der Waals surface area contributed by atoms with Crippen LogP contribution in [0.3, 0.4) is 0 Å². The number of benzene rings is 1. The van der Waals surface area contributed by atoms with E-state index in [9.17, 15) is 13.5 Å². The monoisotopic (exact) mass is 297 g/mol. The van der Waals surface area contributed by atoms with Crippen LogP contribution in [0, 0.1) is 6.92 Å². The van der Waals surface area contributed by atoms with Crippen molar-refractivity contribution in [1.29, 1.82) is 0 Å². The van der Waals surface area contributed by atoms with Crippen LogP contribution < -0.4 is 4.72 Å². The van der Waals surface area contributed by atoms with Crippen molar-refractivity contribution in [2.45, 2.75) is 17.2 Å². The van der Waals surface area contributed by atoms with E-state index in [2.05, 4.69) is 4.72 Å². The van der Waals surface area contributed by atoms with Crippen LogP contribution in [0.1, 0.15) is 16.5 Å². The quantitative estimate of drug-likeness (QED) is 0.888. The number of sulfonamides is 1. The highest BCUT2D eigenvalue weighted by Crippen LogP contribution is 2.23. The van der Waals surface area contributed by atoms with E-state index < -0.39 is 16.1 Å². The molecule has 1 aromatic heterocycles. The smallest absolute Gasteiger partial charge is 0.250 e. The lowest BCUT2D eigenvalue weighted by Gasteiger charge is -2.16. The molecule has 0 fully saturated rings. The molecule has 2 N–H and O–H groups in total. The van der Waals surface area contributed by atoms with Crippen LogP contribution in [0.25, 0.3) is 0 Å². The van der Waals surface area contributed by atoms with Gasteiger partial charge in [0, 0.05) is 4.88 Å². The molecular formula is C13H15NO3S2. The number of aliphatic hydroxyl groups is 1. The van der Waals surface area contributed by atoms with Crippen LogP contribution in [0.2, 0.25) is 0 Å². The molecule has 0 aliphatic rings. The first-order valence-electron chi connectivity index (χ1n) is 5.77. The third-order valence-electron chi connectivity index (χ3n) is 2.66. The van der Waals surface area contributed by atoms with Crippen molar-refractivity contribution >= 4 is 21.4 Å². The maximum Gasteiger partial charge on any atom is 0.250 e. The molecule has 2 rings (SSSR count). The zero-order valence-electron chi connectivity index (χ0n) is 10.4. The molecule has 2 aromatic rings. The van der Waals surface area contributed by atoms with Crippen LogP contribution in [0.15, 0.2) is 46.7 Å². The van der Waals surface area contributed by atoms with E-state index in [1.165, 1.54) is 11.3 Å². The van der Waals surface area contributed by atoms with Gasteiger partial charge in [0.25, 0.3) is 10.0 Å². The molecule has 0 saturated heterocycles. The van der Waals surface area contributed by atoms with Crippen LogP contribution in [-0.2, 0) is 10.0 Å². The van der Waals surface area contributed by atoms with Crippen molar-refractivity contribution < 1.29 is 13.5 Å². The molecule has 0 aliphatic carbocycles. The molecule has 0 radical (unpaired) electrons. The Morgan fingerprint density at radius 2 is 1.89 bits per heavy atom. The van der Waals surface area contributed by atoms with Crippen molar-refractivity contribution in [3.05, 3.63) is 52.9 Å². The average molecular weight is 297 g/mol. The van der Waals surface area contributed by atoms with Gasteiger partial charge in [0.15, 0.2) is 0 Å². The zero-order chi connectivity index (χ0) is 13.9. The number of thiophene rings is 1. The molecule has 1 aromatic carbocycles. The van der Waals surface area contributed by atoms with Gasteiger partial charge in [-0.25, -0.2) is 13.1 Å². The van der Waals surface area contributed by atoms with E-state index in [0.29, 0.717) is 0 Å². The molecule has 1 heterocycles. The summed E-state index contributed by atoms with van der Waals surface area (Å²) in [5.74, 6) is 0. The number of aryl methyl sites for hydroxylation is 1. The molecule has 4 nitrogen and oxygen atoms in total. The summed E-state index contributed by atoms with van der Waals surface area (Å²) in [4.78, 5) is 0.931. The predicted molar refractivity (Wildman–Crippen MR) is 75.6 cm³/mol. The number of rotatable bonds is 5. The summed E-state index contributed by atoms with van der Waals surface area (Å²) in [7, 11) is -3.59. The highest BCUT2D eigenvalue weighted by Gasteiger charge is 2.22. The first kappa shape index (κ1) is 14.2. The van der Waals surface area contributed by atoms with Gasteiger partial charge in [0.1, 0.15) is 4.21 Å². The molecule has 0 unspecified atom stereocenters. The molecular weight excluding hydrogens is 282 g/mol. The van der Waals surface area contributed by atoms with Crippen LogP contribution >= 0.6 is 11.3 Å². The number of hydrogen-bond acceptors (Lipinski definition) is 4. The molecule has 0 amide bonds. The minimum absolute atomic E-state index is 0.263. The second-order valence-electron chi connectivity index (χ2n) is 4.13. The van der Waals surface area contributed by atoms with E-state index in [1.54, 1.807) is 24.3 Å². The van der Waals surface area contributed by atoms with Gasteiger partial charge < -0.3 is 5.11 Å². The van der Waals surface area contributed by atoms with Crippen molar-refractivity contribution in [3.63, 3.8) is 0 Å². The van der Waals surface area contributed by atoms with Gasteiger partial charge in [-0.3, -0.25) is 0 Å². The lowest BCUT2D eigenvalue weighted by atomic mass is 10.1. The van der Waals surface area contributed by atoms with E-state index in [-0.39, 0.29) is 10.8 Å². The Morgan fingerprint density at radius 3 is 2.42 bits per heavy atom. The lowest BCUT2D eigenvalue weighted by molar-refractivity contribution is 0.259. The van der Waals surface area contributed by atoms with Crippen LogP contribution in [0.4, 0.5) is 0 Å². The van der Waals surface area contributed by atoms with Gasteiger partial charge in [0.2, 0.25) is 0 Å². The minimum Gasteiger partial charge on any atom is -0.394 e. The fourth-order valence-corrected chi connectivity index (χ4v) is 4.21. The second-order valence-corrected chi connectivity index (χ2v) is 7.36. The number of hydrogen-bond donors (Lipinski definition) is 2. The first-order chi connectivity index (χ1) is 9.03. The van der Waals surface area contributed by atoms with Gasteiger partial charge in [0.05, 0.1) is 12.6 Å². The van der Waals surface area contributed by atoms with Gasteiger partial charge in [-0.15, -0.1) is 11.3 Å². The second kappa shape index (κ2) is 5.83. The summed E-state index contributed by atoms with van der Waals surface area (Å²) in [6.07, 6.45) is 0. The highest BCUT2D eigenvalue weighted by molar-refractivity contribution is 7.91. The van der Waals surface area contributed by atoms with Crippen molar-refractivity contribution in [3.8, 4) is 0 Å². The summed E-state index contributed by atoms with van der Waals surface area (Å²) in [5, 5.41) is 9.37. The van der Waals surface area contributed by atoms with Gasteiger partial charge in [-0.2, -0.15) is 0 Å². The Balaban J connectivity index is 2.23. The summed E-state index contributed by atoms with van der Waals surface area (Å²) < 4.78 is 27.1. The van der Waals surface area contributed by atoms with Gasteiger partial charge in [-0.1, -0.05) is 30.3 Å². The van der Waals surface area contributed by atoms with E-state index in [1.807, 2.05) is 25.1 Å². The van der Waals surface area contributed by atoms with E-state index in [4.69, 9.17) is 0 Å². The highest BCUT2D eigenvalue weighted by atomic mass is 32.2. The number of aliphatic hydroxyl groups excluding tert-OH is 1. The van der Waals surface area contributed by atoms with Crippen LogP contribution in [-0.4, -0.2) is 20.1 Å². The zero-order valence-corrected chi connectivity index (χ0v) is 12.0. The summed E-state index contributed by atoms with van der Waals surface area (Å²) in [5.41, 5.74) is 0.738. The largest absolute Gasteiger partial charge is 0.394 e. The van der Waals surface area contributed by atoms with Crippen molar-refractivity contribution in [2.24, 2.45) is 0 Å². The topological polar surface area (TPSA) is 66.4 Å². The van der Waals surface area contributed by atoms with Crippen LogP contribution in [0.5, 0.6) is 0 Å². The molecule has 19 heavy (non-hydrogen) atoms. The Morgan fingerprint density at radius 1 is 1.21 bits per heavy atom. The third kappa shape index (κ3) is 3.42. The SMILES string of the molecule is Cc1ccc(S(=O)(=O)N[C@@H](CO)c2ccccc2)s1. The molecule has 0 aliphatic heterocycles. The minimum atomic E-state index is -3.59. The Bertz CT molecular complexity index is 635. The molecule has 0 spiro atoms. The molecule has 6 heteroatoms. The van der Waals surface area contributed by atoms with E-state index >= 15 is 0 Å². The maximum atomic E-state index is 12.2. The maximum absolute atomic E-state index is 12.2. The fraction of sp³-hybridized carbons (Fsp3) is 0.231. The fourth-order valence-electron chi connectivity index (χ4n) is 1.70. The van der Waals surface area contributed by atoms with Gasteiger partial charge >= 0.3 is 0 Å². The first-order valence-corrected chi connectivity index (χ1v) is 8.07. The average Bonchev–Trinajstić information content (AvgIpc) is 2.85. The van der Waals surface area contributed by atoms with Gasteiger partial charge in [-0.05, 0) is 24.6 Å². The third-order valence-corrected chi connectivity index (χ3v) is 5.63. The molecule has 0 bridgehead atoms. The summed E-state index contributed by atoms with van der Waals surface area (Å²) >= 11 is 1.21. The van der Waals surface area contributed by atoms with E-state index in [0.717, 1.165) is 10.4 Å². The Kier molecular flexibility index (Phi) is 4.36. The van der Waals surface area contributed by atoms with Crippen molar-refractivity contribution in [1.82, 2.24) is 4.72 Å². The molecule has 0 saturated carbocycles. The Hall–Kier alpha value is -1.21. The summed E-state index contributed by atoms with van der Waals surface area (Å²) in [6.45, 7) is 1.57.